The number of anilines is 1. The smallest absolute Gasteiger partial charge is 0.229 e. The number of benzene rings is 2. The van der Waals surface area contributed by atoms with E-state index in [2.05, 4.69) is 10.3 Å². The summed E-state index contributed by atoms with van der Waals surface area (Å²) in [5.41, 5.74) is 0.686. The van der Waals surface area contributed by atoms with Crippen LogP contribution in [0.4, 0.5) is 10.2 Å². The second-order valence-corrected chi connectivity index (χ2v) is 11.0. The van der Waals surface area contributed by atoms with E-state index >= 15 is 0 Å². The number of carbonyl (C=O) groups is 2. The third-order valence-electron chi connectivity index (χ3n) is 6.46. The minimum atomic E-state index is -3.31. The van der Waals surface area contributed by atoms with Gasteiger partial charge in [-0.1, -0.05) is 31.2 Å². The van der Waals surface area contributed by atoms with Crippen LogP contribution < -0.4 is 5.32 Å². The van der Waals surface area contributed by atoms with Gasteiger partial charge >= 0.3 is 0 Å². The molecule has 35 heavy (non-hydrogen) atoms. The monoisotopic (exact) mass is 496 g/mol. The van der Waals surface area contributed by atoms with E-state index in [1.807, 2.05) is 0 Å². The number of nitrogens with one attached hydrogen (secondary N) is 1. The van der Waals surface area contributed by atoms with Gasteiger partial charge in [-0.05, 0) is 55.7 Å². The zero-order chi connectivity index (χ0) is 25.4. The summed E-state index contributed by atoms with van der Waals surface area (Å²) in [5, 5.41) is 12.9. The Hall–Kier alpha value is -3.59. The van der Waals surface area contributed by atoms with E-state index in [9.17, 15) is 27.5 Å². The van der Waals surface area contributed by atoms with Crippen LogP contribution in [0.25, 0.3) is 0 Å². The molecule has 2 aromatic carbocycles. The van der Waals surface area contributed by atoms with E-state index in [0.717, 1.165) is 6.07 Å². The first-order valence-electron chi connectivity index (χ1n) is 11.2. The fraction of sp³-hybridized carbons (Fsp3) is 0.269. The second kappa shape index (κ2) is 9.22. The van der Waals surface area contributed by atoms with Crippen LogP contribution in [-0.4, -0.2) is 36.0 Å². The Labute approximate surface area is 203 Å². The normalized spacial score (nSPS) is 17.6. The number of sulfone groups is 1. The number of rotatable bonds is 6. The molecule has 0 radical (unpaired) electrons. The number of hydrogen-bond acceptors (Lipinski definition) is 6. The third kappa shape index (κ3) is 4.68. The average Bonchev–Trinajstić information content (AvgIpc) is 2.83. The van der Waals surface area contributed by atoms with Crippen LogP contribution in [-0.2, 0) is 32.9 Å². The number of carbonyl (C=O) groups excluding carboxylic acids is 2. The zero-order valence-corrected chi connectivity index (χ0v) is 20.2. The van der Waals surface area contributed by atoms with Crippen LogP contribution in [0, 0.1) is 5.82 Å². The van der Waals surface area contributed by atoms with Crippen LogP contribution in [0.2, 0.25) is 0 Å². The highest BCUT2D eigenvalue weighted by atomic mass is 32.2. The molecule has 1 aliphatic carbocycles. The second-order valence-electron chi connectivity index (χ2n) is 8.76. The van der Waals surface area contributed by atoms with Crippen molar-refractivity contribution in [1.82, 2.24) is 4.98 Å². The molecule has 0 spiro atoms. The standard InChI is InChI=1S/C26H25FN2O5S/c1-3-35(33,34)17-9-7-16(8-10-17)15-23(30)29-22-12-11-18-21(28-22)13-14-26(2,25(18)32)19-5-4-6-20(27)24(19)31/h4-12,31H,3,13-15H2,1-2H3,(H,28,29,30). The number of ketones is 1. The molecule has 4 rings (SSSR count). The summed E-state index contributed by atoms with van der Waals surface area (Å²) in [7, 11) is -3.31. The Kier molecular flexibility index (Phi) is 6.46. The number of Topliss-reactive ketones (excluding diaryl/α,β-unsaturated/α-hetero) is 1. The predicted molar refractivity (Wildman–Crippen MR) is 129 cm³/mol. The quantitative estimate of drug-likeness (QED) is 0.534. The predicted octanol–water partition coefficient (Wildman–Crippen LogP) is 3.99. The fourth-order valence-electron chi connectivity index (χ4n) is 4.32. The lowest BCUT2D eigenvalue weighted by atomic mass is 9.68. The number of phenols is 1. The van der Waals surface area contributed by atoms with Crippen molar-refractivity contribution in [2.24, 2.45) is 0 Å². The average molecular weight is 497 g/mol. The third-order valence-corrected chi connectivity index (χ3v) is 8.21. The molecular weight excluding hydrogens is 471 g/mol. The number of fused-ring (bicyclic) bond motifs is 1. The number of nitrogens with zero attached hydrogens (tertiary/aromatic N) is 1. The Morgan fingerprint density at radius 2 is 1.86 bits per heavy atom. The summed E-state index contributed by atoms with van der Waals surface area (Å²) in [5.74, 6) is -1.61. The van der Waals surface area contributed by atoms with Crippen LogP contribution >= 0.6 is 0 Å². The van der Waals surface area contributed by atoms with Crippen LogP contribution in [0.5, 0.6) is 5.75 Å². The van der Waals surface area contributed by atoms with Crippen molar-refractivity contribution in [1.29, 1.82) is 0 Å². The van der Waals surface area contributed by atoms with Crippen molar-refractivity contribution in [3.63, 3.8) is 0 Å². The minimum absolute atomic E-state index is 0.00187. The molecule has 0 saturated carbocycles. The van der Waals surface area contributed by atoms with Gasteiger partial charge in [-0.15, -0.1) is 0 Å². The fourth-order valence-corrected chi connectivity index (χ4v) is 5.20. The summed E-state index contributed by atoms with van der Waals surface area (Å²) in [4.78, 5) is 30.4. The summed E-state index contributed by atoms with van der Waals surface area (Å²) in [6.45, 7) is 3.25. The van der Waals surface area contributed by atoms with Gasteiger partial charge in [-0.25, -0.2) is 17.8 Å². The van der Waals surface area contributed by atoms with E-state index in [4.69, 9.17) is 0 Å². The lowest BCUT2D eigenvalue weighted by Crippen LogP contribution is -2.38. The van der Waals surface area contributed by atoms with Gasteiger partial charge in [-0.3, -0.25) is 9.59 Å². The van der Waals surface area contributed by atoms with Crippen molar-refractivity contribution in [3.8, 4) is 5.75 Å². The highest BCUT2D eigenvalue weighted by Crippen LogP contribution is 2.42. The van der Waals surface area contributed by atoms with Gasteiger partial charge in [0.25, 0.3) is 0 Å². The minimum Gasteiger partial charge on any atom is -0.505 e. The van der Waals surface area contributed by atoms with Crippen molar-refractivity contribution in [2.75, 3.05) is 11.1 Å². The highest BCUT2D eigenvalue weighted by molar-refractivity contribution is 7.91. The van der Waals surface area contributed by atoms with Gasteiger partial charge in [0, 0.05) is 11.1 Å². The molecule has 1 aromatic heterocycles. The van der Waals surface area contributed by atoms with Crippen molar-refractivity contribution in [3.05, 3.63) is 82.8 Å². The number of phenolic OH excluding ortho intramolecular Hbond substituents is 1. The van der Waals surface area contributed by atoms with Gasteiger partial charge in [0.1, 0.15) is 5.82 Å². The molecule has 7 nitrogen and oxygen atoms in total. The summed E-state index contributed by atoms with van der Waals surface area (Å²) < 4.78 is 37.8. The van der Waals surface area contributed by atoms with Gasteiger partial charge in [-0.2, -0.15) is 0 Å². The number of para-hydroxylation sites is 1. The summed E-state index contributed by atoms with van der Waals surface area (Å²) in [6, 6.07) is 13.4. The molecule has 1 atom stereocenters. The Balaban J connectivity index is 1.49. The lowest BCUT2D eigenvalue weighted by Gasteiger charge is -2.33. The number of pyridine rings is 1. The van der Waals surface area contributed by atoms with E-state index in [0.29, 0.717) is 35.5 Å². The zero-order valence-electron chi connectivity index (χ0n) is 19.3. The molecule has 3 aromatic rings. The van der Waals surface area contributed by atoms with Gasteiger partial charge in [0.05, 0.1) is 28.2 Å². The number of aromatic nitrogens is 1. The first-order valence-corrected chi connectivity index (χ1v) is 12.8. The topological polar surface area (TPSA) is 113 Å². The SMILES string of the molecule is CCS(=O)(=O)c1ccc(CC(=O)Nc2ccc3c(n2)CCC(C)(c2cccc(F)c2O)C3=O)cc1. The lowest BCUT2D eigenvalue weighted by molar-refractivity contribution is -0.115. The molecule has 1 amide bonds. The molecule has 182 valence electrons. The van der Waals surface area contributed by atoms with Gasteiger partial charge in [0.2, 0.25) is 5.91 Å². The number of amides is 1. The van der Waals surface area contributed by atoms with E-state index in [1.54, 1.807) is 38.1 Å². The van der Waals surface area contributed by atoms with Gasteiger partial charge in [0.15, 0.2) is 27.2 Å². The van der Waals surface area contributed by atoms with E-state index in [-0.39, 0.29) is 34.3 Å². The summed E-state index contributed by atoms with van der Waals surface area (Å²) in [6.07, 6.45) is 0.763. The Bertz CT molecular complexity index is 1420. The van der Waals surface area contributed by atoms with Crippen molar-refractivity contribution in [2.45, 2.75) is 43.4 Å². The molecule has 9 heteroatoms. The highest BCUT2D eigenvalue weighted by Gasteiger charge is 2.42. The maximum atomic E-state index is 13.9. The maximum Gasteiger partial charge on any atom is 0.229 e. The number of aromatic hydroxyl groups is 1. The van der Waals surface area contributed by atoms with Crippen molar-refractivity contribution >= 4 is 27.3 Å². The molecule has 1 aliphatic rings. The summed E-state index contributed by atoms with van der Waals surface area (Å²) >= 11 is 0. The van der Waals surface area contributed by atoms with Crippen LogP contribution in [0.1, 0.15) is 47.4 Å². The molecule has 0 aliphatic heterocycles. The molecule has 1 unspecified atom stereocenters. The van der Waals surface area contributed by atoms with Gasteiger partial charge < -0.3 is 10.4 Å². The number of halogens is 1. The van der Waals surface area contributed by atoms with Crippen molar-refractivity contribution < 1.29 is 27.5 Å². The molecule has 0 bridgehead atoms. The number of aryl methyl sites for hydroxylation is 1. The Morgan fingerprint density at radius 3 is 2.54 bits per heavy atom. The number of hydrogen-bond donors (Lipinski definition) is 2. The first-order chi connectivity index (χ1) is 16.5. The Morgan fingerprint density at radius 1 is 1.14 bits per heavy atom. The maximum absolute atomic E-state index is 13.9. The molecule has 2 N–H and O–H groups in total. The van der Waals surface area contributed by atoms with E-state index in [1.165, 1.54) is 24.3 Å². The van der Waals surface area contributed by atoms with Crippen LogP contribution in [0.3, 0.4) is 0 Å². The van der Waals surface area contributed by atoms with Crippen LogP contribution in [0.15, 0.2) is 59.5 Å². The largest absolute Gasteiger partial charge is 0.505 e. The van der Waals surface area contributed by atoms with E-state index < -0.39 is 26.8 Å². The molecule has 0 fully saturated rings. The first kappa shape index (κ1) is 24.5. The molecular formula is C26H25FN2O5S. The molecule has 1 heterocycles. The molecule has 0 saturated heterocycles.